The predicted octanol–water partition coefficient (Wildman–Crippen LogP) is -0.323. The zero-order valence-electron chi connectivity index (χ0n) is 15.8. The fourth-order valence-corrected chi connectivity index (χ4v) is 3.70. The van der Waals surface area contributed by atoms with Gasteiger partial charge in [-0.15, -0.1) is 0 Å². The lowest BCUT2D eigenvalue weighted by Crippen LogP contribution is -2.55. The van der Waals surface area contributed by atoms with Crippen molar-refractivity contribution in [1.82, 2.24) is 30.6 Å². The maximum Gasteiger partial charge on any atom is 0.322 e. The summed E-state index contributed by atoms with van der Waals surface area (Å²) in [6.45, 7) is 4.16. The van der Waals surface area contributed by atoms with Crippen LogP contribution in [0.15, 0.2) is 17.4 Å². The molecule has 1 aromatic heterocycles. The number of urea groups is 1. The van der Waals surface area contributed by atoms with Crippen LogP contribution in [0.5, 0.6) is 0 Å². The number of nitrogens with zero attached hydrogens (tertiary/aromatic N) is 5. The third kappa shape index (κ3) is 3.89. The SMILES string of the molecule is CN=C(NCCn1cc([N+](=O)[O-])cn1)N1CCC(C2(C)NC(=O)NC2=O)CC1. The first-order valence-electron chi connectivity index (χ1n) is 9.09. The molecule has 3 amide bonds. The van der Waals surface area contributed by atoms with Gasteiger partial charge in [0.15, 0.2) is 5.96 Å². The molecule has 2 saturated heterocycles. The summed E-state index contributed by atoms with van der Waals surface area (Å²) in [7, 11) is 1.69. The van der Waals surface area contributed by atoms with Gasteiger partial charge in [0.05, 0.1) is 11.5 Å². The number of imide groups is 1. The summed E-state index contributed by atoms with van der Waals surface area (Å²) in [6.07, 6.45) is 4.10. The summed E-state index contributed by atoms with van der Waals surface area (Å²) < 4.78 is 1.51. The molecule has 0 aromatic carbocycles. The molecular weight excluding hydrogens is 368 g/mol. The van der Waals surface area contributed by atoms with Gasteiger partial charge in [-0.25, -0.2) is 4.79 Å². The number of aliphatic imine (C=N–C) groups is 1. The number of nitrogens with one attached hydrogen (secondary N) is 3. The molecule has 2 fully saturated rings. The molecule has 0 spiro atoms. The number of carbonyl (C=O) groups is 2. The van der Waals surface area contributed by atoms with Crippen molar-refractivity contribution < 1.29 is 14.5 Å². The van der Waals surface area contributed by atoms with Gasteiger partial charge in [-0.05, 0) is 25.7 Å². The number of guanidine groups is 1. The summed E-state index contributed by atoms with van der Waals surface area (Å²) in [5, 5.41) is 22.9. The summed E-state index contributed by atoms with van der Waals surface area (Å²) in [6, 6.07) is -0.439. The molecule has 28 heavy (non-hydrogen) atoms. The fourth-order valence-electron chi connectivity index (χ4n) is 3.70. The predicted molar refractivity (Wildman–Crippen MR) is 99.6 cm³/mol. The second kappa shape index (κ2) is 7.82. The third-order valence-corrected chi connectivity index (χ3v) is 5.35. The first-order chi connectivity index (χ1) is 13.3. The Morgan fingerprint density at radius 2 is 2.18 bits per heavy atom. The van der Waals surface area contributed by atoms with Gasteiger partial charge in [0.2, 0.25) is 0 Å². The lowest BCUT2D eigenvalue weighted by Gasteiger charge is -2.39. The van der Waals surface area contributed by atoms with Gasteiger partial charge < -0.3 is 15.5 Å². The Bertz CT molecular complexity index is 798. The molecule has 12 nitrogen and oxygen atoms in total. The van der Waals surface area contributed by atoms with Crippen LogP contribution in [0.4, 0.5) is 10.5 Å². The van der Waals surface area contributed by atoms with Crippen molar-refractivity contribution in [2.24, 2.45) is 10.9 Å². The average molecular weight is 392 g/mol. The molecule has 1 unspecified atom stereocenters. The molecule has 3 N–H and O–H groups in total. The third-order valence-electron chi connectivity index (χ3n) is 5.35. The van der Waals surface area contributed by atoms with Gasteiger partial charge in [-0.3, -0.25) is 29.9 Å². The maximum atomic E-state index is 12.1. The van der Waals surface area contributed by atoms with Gasteiger partial charge in [-0.2, -0.15) is 5.10 Å². The lowest BCUT2D eigenvalue weighted by atomic mass is 9.79. The van der Waals surface area contributed by atoms with Crippen LogP contribution >= 0.6 is 0 Å². The molecule has 0 bridgehead atoms. The quantitative estimate of drug-likeness (QED) is 0.204. The fraction of sp³-hybridized carbons (Fsp3) is 0.625. The van der Waals surface area contributed by atoms with Gasteiger partial charge in [0.1, 0.15) is 17.9 Å². The number of carbonyl (C=O) groups excluding carboxylic acids is 2. The monoisotopic (exact) mass is 392 g/mol. The van der Waals surface area contributed by atoms with Crippen LogP contribution in [-0.2, 0) is 11.3 Å². The molecule has 1 atom stereocenters. The van der Waals surface area contributed by atoms with Crippen molar-refractivity contribution in [1.29, 1.82) is 0 Å². The van der Waals surface area contributed by atoms with E-state index in [1.54, 1.807) is 14.0 Å². The Morgan fingerprint density at radius 1 is 1.46 bits per heavy atom. The molecular formula is C16H24N8O4. The normalized spacial score (nSPS) is 23.5. The Labute approximate surface area is 161 Å². The molecule has 3 rings (SSSR count). The first kappa shape index (κ1) is 19.6. The van der Waals surface area contributed by atoms with Crippen LogP contribution < -0.4 is 16.0 Å². The number of hydrogen-bond donors (Lipinski definition) is 3. The van der Waals surface area contributed by atoms with Crippen molar-refractivity contribution in [3.8, 4) is 0 Å². The Balaban J connectivity index is 1.49. The van der Waals surface area contributed by atoms with Crippen LogP contribution in [0.25, 0.3) is 0 Å². The number of nitro groups is 1. The van der Waals surface area contributed by atoms with E-state index in [0.29, 0.717) is 26.2 Å². The van der Waals surface area contributed by atoms with Crippen LogP contribution in [0.2, 0.25) is 0 Å². The second-order valence-electron chi connectivity index (χ2n) is 7.06. The molecule has 12 heteroatoms. The van der Waals surface area contributed by atoms with E-state index in [9.17, 15) is 19.7 Å². The minimum absolute atomic E-state index is 0.0389. The second-order valence-corrected chi connectivity index (χ2v) is 7.06. The minimum Gasteiger partial charge on any atom is -0.354 e. The topological polar surface area (TPSA) is 147 Å². The van der Waals surface area contributed by atoms with Crippen LogP contribution in [0.1, 0.15) is 19.8 Å². The zero-order valence-corrected chi connectivity index (χ0v) is 15.8. The van der Waals surface area contributed by atoms with Crippen LogP contribution in [-0.4, -0.2) is 69.7 Å². The van der Waals surface area contributed by atoms with E-state index >= 15 is 0 Å². The highest BCUT2D eigenvalue weighted by Gasteiger charge is 2.48. The smallest absolute Gasteiger partial charge is 0.322 e. The van der Waals surface area contributed by atoms with Gasteiger partial charge in [-0.1, -0.05) is 0 Å². The molecule has 152 valence electrons. The number of aromatic nitrogens is 2. The minimum atomic E-state index is -0.866. The number of amides is 3. The van der Waals surface area contributed by atoms with Crippen LogP contribution in [0, 0.1) is 16.0 Å². The number of hydrogen-bond acceptors (Lipinski definition) is 6. The van der Waals surface area contributed by atoms with Crippen molar-refractivity contribution >= 4 is 23.6 Å². The van der Waals surface area contributed by atoms with Crippen molar-refractivity contribution in [3.63, 3.8) is 0 Å². The Morgan fingerprint density at radius 3 is 2.71 bits per heavy atom. The van der Waals surface area contributed by atoms with E-state index in [-0.39, 0.29) is 17.5 Å². The van der Waals surface area contributed by atoms with E-state index in [0.717, 1.165) is 18.8 Å². The molecule has 3 heterocycles. The average Bonchev–Trinajstić information content (AvgIpc) is 3.24. The van der Waals surface area contributed by atoms with Crippen molar-refractivity contribution in [2.45, 2.75) is 31.8 Å². The van der Waals surface area contributed by atoms with E-state index < -0.39 is 16.5 Å². The lowest BCUT2D eigenvalue weighted by molar-refractivity contribution is -0.385. The van der Waals surface area contributed by atoms with Gasteiger partial charge in [0, 0.05) is 26.7 Å². The highest BCUT2D eigenvalue weighted by molar-refractivity contribution is 6.07. The Kier molecular flexibility index (Phi) is 5.47. The molecule has 0 radical (unpaired) electrons. The molecule has 0 aliphatic carbocycles. The van der Waals surface area contributed by atoms with Crippen LogP contribution in [0.3, 0.4) is 0 Å². The van der Waals surface area contributed by atoms with Crippen molar-refractivity contribution in [2.75, 3.05) is 26.7 Å². The largest absolute Gasteiger partial charge is 0.354 e. The Hall–Kier alpha value is -3.18. The van der Waals surface area contributed by atoms with E-state index in [2.05, 4.69) is 30.9 Å². The standard InChI is InChI=1S/C16H24N8O4/c1-16(13(25)20-15(26)21-16)11-3-6-22(7-4-11)14(17-2)18-5-8-23-10-12(9-19-23)24(27)28/h9-11H,3-8H2,1-2H3,(H,17,18)(H2,20,21,25,26). The summed E-state index contributed by atoms with van der Waals surface area (Å²) in [5.74, 6) is 0.509. The zero-order chi connectivity index (χ0) is 20.3. The number of rotatable bonds is 5. The van der Waals surface area contributed by atoms with Crippen molar-refractivity contribution in [3.05, 3.63) is 22.5 Å². The van der Waals surface area contributed by atoms with Gasteiger partial charge >= 0.3 is 11.7 Å². The molecule has 1 aromatic rings. The molecule has 2 aliphatic rings. The maximum absolute atomic E-state index is 12.1. The van der Waals surface area contributed by atoms with E-state index in [1.165, 1.54) is 17.1 Å². The highest BCUT2D eigenvalue weighted by atomic mass is 16.6. The number of piperidine rings is 1. The van der Waals surface area contributed by atoms with E-state index in [1.807, 2.05) is 0 Å². The van der Waals surface area contributed by atoms with E-state index in [4.69, 9.17) is 0 Å². The summed E-state index contributed by atoms with van der Waals surface area (Å²) in [4.78, 5) is 40.2. The molecule has 0 saturated carbocycles. The first-order valence-corrected chi connectivity index (χ1v) is 9.09. The van der Waals surface area contributed by atoms with Gasteiger partial charge in [0.25, 0.3) is 5.91 Å². The summed E-state index contributed by atoms with van der Waals surface area (Å²) in [5.41, 5.74) is -0.905. The highest BCUT2D eigenvalue weighted by Crippen LogP contribution is 2.30. The number of likely N-dealkylation sites (tertiary alicyclic amines) is 1. The summed E-state index contributed by atoms with van der Waals surface area (Å²) >= 11 is 0. The molecule has 2 aliphatic heterocycles.